The Hall–Kier alpha value is 0.350. The number of thiol groups is 1. The molecule has 46 saturated carbocycles. The second kappa shape index (κ2) is 3.20. The van der Waals surface area contributed by atoms with Crippen LogP contribution in [0.3, 0.4) is 0 Å². The summed E-state index contributed by atoms with van der Waals surface area (Å²) in [6.45, 7) is 0. The van der Waals surface area contributed by atoms with Gasteiger partial charge in [0.05, 0.1) is 0 Å². The fourth-order valence-electron chi connectivity index (χ4n) is 71.5. The van der Waals surface area contributed by atoms with Gasteiger partial charge in [0, 0.05) is 15.6 Å². The van der Waals surface area contributed by atoms with Crippen LogP contribution in [0.1, 0.15) is 25.7 Å². The van der Waals surface area contributed by atoms with Crippen LogP contribution < -0.4 is 0 Å². The maximum Gasteiger partial charge on any atom is 0.0278 e. The summed E-state index contributed by atoms with van der Waals surface area (Å²) in [5.41, 5.74) is 33.4. The van der Waals surface area contributed by atoms with Crippen LogP contribution in [0.5, 0.6) is 0 Å². The van der Waals surface area contributed by atoms with Crippen molar-refractivity contribution in [3.05, 3.63) is 0 Å². The third-order valence-corrected chi connectivity index (χ3v) is 56.4. The normalized spacial score (nSPS) is 143. The van der Waals surface area contributed by atoms with Gasteiger partial charge in [-0.15, -0.1) is 0 Å². The summed E-state index contributed by atoms with van der Waals surface area (Å²) < 4.78 is 0.634. The quantitative estimate of drug-likeness (QED) is 0.325. The van der Waals surface area contributed by atoms with Crippen molar-refractivity contribution in [1.82, 2.24) is 0 Å². The molecule has 0 radical (unpaired) electrons. The minimum atomic E-state index is 0.634. The molecule has 0 saturated heterocycles. The summed E-state index contributed by atoms with van der Waals surface area (Å²) in [5, 5.41) is 0. The van der Waals surface area contributed by atoms with E-state index < -0.39 is 0 Å². The molecule has 0 aromatic carbocycles. The molecule has 31 spiro atoms. The lowest BCUT2D eigenvalue weighted by Crippen LogP contribution is -3.68. The van der Waals surface area contributed by atoms with Crippen LogP contribution in [0.15, 0.2) is 0 Å². The molecule has 46 rings (SSSR count). The molecule has 0 nitrogen and oxygen atoms in total. The third kappa shape index (κ3) is 0.454. The highest BCUT2D eigenvalue weighted by Crippen LogP contribution is 3.72. The van der Waals surface area contributed by atoms with E-state index in [0.29, 0.717) is 4.75 Å². The Bertz CT molecular complexity index is 4500. The van der Waals surface area contributed by atoms with E-state index in [2.05, 4.69) is 0 Å². The third-order valence-electron chi connectivity index (χ3n) is 55.5. The minimum Gasteiger partial charge on any atom is -0.171 e. The van der Waals surface area contributed by atoms with Gasteiger partial charge in [0.1, 0.15) is 0 Å². The number of rotatable bonds is 0. The van der Waals surface area contributed by atoms with Crippen molar-refractivity contribution in [3.63, 3.8) is 0 Å². The Morgan fingerprint density at radius 3 is 1.27 bits per heavy atom. The van der Waals surface area contributed by atoms with E-state index >= 15 is 0 Å². The SMILES string of the molecule is SC12C3C4C5C6CC7CC8C9C%10C%11C%12C%13C%14C%15C%16C%17C%18CC%19C%20C%21CC%22C%23C%24C%25C%26C1C1%27C%26%28C%25%26C%24%25C%23%24C%21%22C%20%21C%19%18C%17%18C%16%17C%15%16C%14%15C%13%14C%12%13C%11%12C%10%11C9%10C8C78C6C56C45C34C21C%13(C%124C%115C8%106)C%14%27C%15%28C%16%26C%17%25C%21%18%24. The second-order valence-electron chi connectivity index (χ2n) is 41.4. The monoisotopic (exact) mass is 824 g/mol. The molecule has 64 heavy (non-hydrogen) atoms. The molecule has 59 atom stereocenters. The van der Waals surface area contributed by atoms with Gasteiger partial charge in [0.2, 0.25) is 0 Å². The lowest BCUT2D eigenvalue weighted by Gasteiger charge is -3.68. The van der Waals surface area contributed by atoms with Crippen LogP contribution >= 0.6 is 12.6 Å². The van der Waals surface area contributed by atoms with Crippen molar-refractivity contribution in [2.75, 3.05) is 0 Å². The standard InChI is InChI=1S/C63H36S/c64-37-30-26-13-7-2-5-1-6-12-17-20-24-23-22-21-18-15-10-3-8-14-9-4-11-16-19-25-27-31(37)53-51(27)49(25)44(19)40(16)34(9,11)38(14)33(8,10)39(15)43(18)46(21)47(22)48(23)50(24)45(20)41(17)35(12)28(6)32(5)29(7)36(13)42(26)52(30)55(37,53)63(50,61(45,52)57(41,42)54(32,35)36)62(48,53)60(47,51)59(46,49)58(43,44)56(38,39)40/h5-31,64H,1-4H2. The Morgan fingerprint density at radius 2 is 0.641 bits per heavy atom. The van der Waals surface area contributed by atoms with Gasteiger partial charge in [-0.25, -0.2) is 0 Å². The molecule has 0 aliphatic heterocycles. The maximum absolute atomic E-state index is 7.02. The summed E-state index contributed by atoms with van der Waals surface area (Å²) in [5.74, 6) is 36.8. The average Bonchev–Trinajstić information content (AvgIpc) is 3.61. The van der Waals surface area contributed by atoms with Crippen molar-refractivity contribution >= 4 is 12.6 Å². The molecule has 0 heterocycles. The van der Waals surface area contributed by atoms with Crippen LogP contribution in [-0.4, -0.2) is 4.75 Å². The summed E-state index contributed by atoms with van der Waals surface area (Å²) in [6, 6.07) is 0. The summed E-state index contributed by atoms with van der Waals surface area (Å²) in [7, 11) is 0. The Morgan fingerprint density at radius 1 is 0.250 bits per heavy atom. The van der Waals surface area contributed by atoms with Gasteiger partial charge < -0.3 is 0 Å². The van der Waals surface area contributed by atoms with Crippen LogP contribution in [0.2, 0.25) is 0 Å². The second-order valence-corrected chi connectivity index (χ2v) is 42.1. The molecular weight excluding hydrogens is 789 g/mol. The molecule has 46 aliphatic carbocycles. The molecule has 0 N–H and O–H groups in total. The fourth-order valence-corrected chi connectivity index (χ4v) is 72.7. The first kappa shape index (κ1) is 21.6. The Balaban J connectivity index is 0.718. The smallest absolute Gasteiger partial charge is 0.0278 e. The predicted molar refractivity (Wildman–Crippen MR) is 200 cm³/mol. The molecule has 0 amide bonds. The van der Waals surface area contributed by atoms with Crippen LogP contribution in [0, 0.1) is 328 Å². The molecular formula is C63H36S. The summed E-state index contributed by atoms with van der Waals surface area (Å²) in [4.78, 5) is 0. The average molecular weight is 825 g/mol. The highest BCUT2D eigenvalue weighted by atomic mass is 32.1. The lowest BCUT2D eigenvalue weighted by atomic mass is 8.34. The van der Waals surface area contributed by atoms with Gasteiger partial charge in [-0.2, -0.15) is 12.6 Å². The van der Waals surface area contributed by atoms with Crippen LogP contribution in [-0.2, 0) is 0 Å². The number of fused-ring (bicyclic) bond motifs is 22. The fraction of sp³-hybridized carbons (Fsp3) is 1.00. The Kier molecular flexibility index (Phi) is 1.08. The van der Waals surface area contributed by atoms with Crippen molar-refractivity contribution in [2.24, 2.45) is 328 Å². The predicted octanol–water partition coefficient (Wildman–Crippen LogP) is 5.06. The van der Waals surface area contributed by atoms with E-state index in [1.807, 2.05) is 25.7 Å². The number of hydrogen-bond donors (Lipinski definition) is 1. The zero-order valence-electron chi connectivity index (χ0n) is 34.9. The molecule has 46 aliphatic rings. The van der Waals surface area contributed by atoms with Gasteiger partial charge in [0.15, 0.2) is 0 Å². The highest BCUT2D eigenvalue weighted by molar-refractivity contribution is 7.82. The van der Waals surface area contributed by atoms with Gasteiger partial charge in [0.25, 0.3) is 0 Å². The van der Waals surface area contributed by atoms with Gasteiger partial charge in [-0.3, -0.25) is 0 Å². The van der Waals surface area contributed by atoms with Crippen LogP contribution in [0.25, 0.3) is 0 Å². The van der Waals surface area contributed by atoms with Crippen molar-refractivity contribution in [1.29, 1.82) is 0 Å². The van der Waals surface area contributed by atoms with E-state index in [4.69, 9.17) is 12.6 Å². The highest BCUT2D eigenvalue weighted by Gasteiger charge is 3.72. The molecule has 0 aromatic heterocycles. The zero-order valence-corrected chi connectivity index (χ0v) is 35.8. The first-order valence-corrected chi connectivity index (χ1v) is 31.9. The van der Waals surface area contributed by atoms with E-state index in [0.717, 1.165) is 168 Å². The number of hydrogen-bond acceptors (Lipinski definition) is 1. The topological polar surface area (TPSA) is 0 Å². The lowest BCUT2D eigenvalue weighted by molar-refractivity contribution is -1.24. The van der Waals surface area contributed by atoms with E-state index in [1.165, 1.54) is 160 Å². The maximum atomic E-state index is 7.02. The van der Waals surface area contributed by atoms with E-state index in [9.17, 15) is 0 Å². The van der Waals surface area contributed by atoms with E-state index in [-0.39, 0.29) is 0 Å². The van der Waals surface area contributed by atoms with Crippen molar-refractivity contribution < 1.29 is 0 Å². The van der Waals surface area contributed by atoms with Crippen LogP contribution in [0.4, 0.5) is 0 Å². The van der Waals surface area contributed by atoms with Crippen molar-refractivity contribution in [3.8, 4) is 0 Å². The van der Waals surface area contributed by atoms with Gasteiger partial charge >= 0.3 is 0 Å². The first-order chi connectivity index (χ1) is 31.7. The molecule has 0 aromatic rings. The van der Waals surface area contributed by atoms with Crippen molar-refractivity contribution in [2.45, 2.75) is 30.4 Å². The summed E-state index contributed by atoms with van der Waals surface area (Å²) in [6.07, 6.45) is 7.38. The molecule has 1 heteroatoms. The molecule has 59 unspecified atom stereocenters. The first-order valence-electron chi connectivity index (χ1n) is 31.4. The van der Waals surface area contributed by atoms with Gasteiger partial charge in [-0.05, 0) is 343 Å². The van der Waals surface area contributed by atoms with E-state index in [1.54, 1.807) is 0 Å². The minimum absolute atomic E-state index is 0.634. The molecule has 46 fully saturated rings. The zero-order chi connectivity index (χ0) is 35.4. The Labute approximate surface area is 368 Å². The molecule has 0 bridgehead atoms. The molecule has 294 valence electrons. The van der Waals surface area contributed by atoms with Gasteiger partial charge in [-0.1, -0.05) is 0 Å². The summed E-state index contributed by atoms with van der Waals surface area (Å²) >= 11 is 7.02. The largest absolute Gasteiger partial charge is 0.171 e.